The quantitative estimate of drug-likeness (QED) is 0.858. The maximum absolute atomic E-state index is 12.8. The number of nitrogens with one attached hydrogen (secondary N) is 1. The number of epoxide rings is 1. The summed E-state index contributed by atoms with van der Waals surface area (Å²) in [5, 5.41) is 2.40. The predicted molar refractivity (Wildman–Crippen MR) is 74.7 cm³/mol. The van der Waals surface area contributed by atoms with Crippen LogP contribution in [0.15, 0.2) is 18.2 Å². The van der Waals surface area contributed by atoms with Crippen LogP contribution in [0.1, 0.15) is 31.9 Å². The molecule has 1 aliphatic rings. The minimum atomic E-state index is -4.47. The fourth-order valence-electron chi connectivity index (χ4n) is 1.89. The van der Waals surface area contributed by atoms with Crippen LogP contribution in [0.4, 0.5) is 23.7 Å². The Morgan fingerprint density at radius 3 is 2.50 bits per heavy atom. The number of hydrogen-bond donors (Lipinski definition) is 1. The highest BCUT2D eigenvalue weighted by molar-refractivity contribution is 5.86. The van der Waals surface area contributed by atoms with Gasteiger partial charge in [-0.15, -0.1) is 0 Å². The van der Waals surface area contributed by atoms with Gasteiger partial charge in [-0.1, -0.05) is 6.07 Å². The zero-order valence-corrected chi connectivity index (χ0v) is 12.6. The van der Waals surface area contributed by atoms with E-state index in [0.29, 0.717) is 18.6 Å². The van der Waals surface area contributed by atoms with E-state index in [1.165, 1.54) is 6.07 Å². The van der Waals surface area contributed by atoms with Crippen molar-refractivity contribution in [3.63, 3.8) is 0 Å². The first-order valence-corrected chi connectivity index (χ1v) is 6.86. The van der Waals surface area contributed by atoms with Gasteiger partial charge in [0.2, 0.25) is 0 Å². The van der Waals surface area contributed by atoms with Gasteiger partial charge in [0, 0.05) is 12.1 Å². The van der Waals surface area contributed by atoms with Gasteiger partial charge in [0.15, 0.2) is 0 Å². The van der Waals surface area contributed by atoms with Crippen molar-refractivity contribution in [3.8, 4) is 0 Å². The van der Waals surface area contributed by atoms with Crippen LogP contribution in [0.5, 0.6) is 0 Å². The third-order valence-corrected chi connectivity index (χ3v) is 2.92. The number of carbonyl (C=O) groups excluding carboxylic acids is 1. The van der Waals surface area contributed by atoms with Crippen molar-refractivity contribution >= 4 is 11.8 Å². The van der Waals surface area contributed by atoms with Gasteiger partial charge < -0.3 is 9.47 Å². The van der Waals surface area contributed by atoms with E-state index in [4.69, 9.17) is 9.47 Å². The maximum Gasteiger partial charge on any atom is 0.416 e. The van der Waals surface area contributed by atoms with Crippen LogP contribution in [0.2, 0.25) is 0 Å². The van der Waals surface area contributed by atoms with Crippen molar-refractivity contribution in [1.82, 2.24) is 0 Å². The first kappa shape index (κ1) is 16.6. The molecular weight excluding hydrogens is 299 g/mol. The number of benzene rings is 1. The van der Waals surface area contributed by atoms with Gasteiger partial charge in [0.1, 0.15) is 5.60 Å². The lowest BCUT2D eigenvalue weighted by Crippen LogP contribution is -2.27. The Morgan fingerprint density at radius 2 is 2.00 bits per heavy atom. The van der Waals surface area contributed by atoms with E-state index in [9.17, 15) is 18.0 Å². The zero-order chi connectivity index (χ0) is 16.5. The van der Waals surface area contributed by atoms with Crippen LogP contribution >= 0.6 is 0 Å². The van der Waals surface area contributed by atoms with Crippen LogP contribution < -0.4 is 5.32 Å². The first-order valence-electron chi connectivity index (χ1n) is 6.86. The lowest BCUT2D eigenvalue weighted by atomic mass is 10.0. The molecule has 0 aliphatic carbocycles. The number of rotatable bonds is 3. The van der Waals surface area contributed by atoms with Crippen LogP contribution in [-0.2, 0) is 22.1 Å². The van der Waals surface area contributed by atoms with Crippen molar-refractivity contribution in [2.24, 2.45) is 0 Å². The third-order valence-electron chi connectivity index (χ3n) is 2.92. The Labute approximate surface area is 126 Å². The molecule has 1 unspecified atom stereocenters. The minimum Gasteiger partial charge on any atom is -0.444 e. The third kappa shape index (κ3) is 4.91. The standard InChI is InChI=1S/C15H18F3NO3/c1-14(2,3)22-13(20)19-12-7-10(15(16,17)18)5-4-9(12)6-11-8-21-11/h4-5,7,11H,6,8H2,1-3H3,(H,19,20). The highest BCUT2D eigenvalue weighted by Gasteiger charge is 2.32. The Morgan fingerprint density at radius 1 is 1.36 bits per heavy atom. The molecule has 2 rings (SSSR count). The van der Waals surface area contributed by atoms with Gasteiger partial charge in [0.25, 0.3) is 0 Å². The highest BCUT2D eigenvalue weighted by atomic mass is 19.4. The van der Waals surface area contributed by atoms with E-state index in [-0.39, 0.29) is 11.8 Å². The lowest BCUT2D eigenvalue weighted by molar-refractivity contribution is -0.137. The van der Waals surface area contributed by atoms with Gasteiger partial charge in [0.05, 0.1) is 18.3 Å². The summed E-state index contributed by atoms with van der Waals surface area (Å²) < 4.78 is 48.6. The van der Waals surface area contributed by atoms with Crippen molar-refractivity contribution in [2.45, 2.75) is 45.1 Å². The van der Waals surface area contributed by atoms with Crippen molar-refractivity contribution in [2.75, 3.05) is 11.9 Å². The van der Waals surface area contributed by atoms with Gasteiger partial charge in [-0.2, -0.15) is 13.2 Å². The van der Waals surface area contributed by atoms with Crippen molar-refractivity contribution in [1.29, 1.82) is 0 Å². The van der Waals surface area contributed by atoms with E-state index >= 15 is 0 Å². The summed E-state index contributed by atoms with van der Waals surface area (Å²) >= 11 is 0. The van der Waals surface area contributed by atoms with Gasteiger partial charge in [-0.05, 0) is 38.5 Å². The number of hydrogen-bond acceptors (Lipinski definition) is 3. The van der Waals surface area contributed by atoms with E-state index in [1.54, 1.807) is 20.8 Å². The van der Waals surface area contributed by atoms with Crippen LogP contribution in [0, 0.1) is 0 Å². The number of halogens is 3. The Kier molecular flexibility index (Phi) is 4.37. The molecule has 4 nitrogen and oxygen atoms in total. The fourth-order valence-corrected chi connectivity index (χ4v) is 1.89. The Balaban J connectivity index is 2.22. The molecule has 1 aromatic carbocycles. The maximum atomic E-state index is 12.8. The lowest BCUT2D eigenvalue weighted by Gasteiger charge is -2.21. The van der Waals surface area contributed by atoms with Gasteiger partial charge in [-0.3, -0.25) is 5.32 Å². The Hall–Kier alpha value is -1.76. The van der Waals surface area contributed by atoms with Crippen LogP contribution in [0.3, 0.4) is 0 Å². The summed E-state index contributed by atoms with van der Waals surface area (Å²) in [7, 11) is 0. The molecule has 0 saturated carbocycles. The molecule has 22 heavy (non-hydrogen) atoms. The second kappa shape index (κ2) is 5.79. The number of carbonyl (C=O) groups is 1. The SMILES string of the molecule is CC(C)(C)OC(=O)Nc1cc(C(F)(F)F)ccc1CC1CO1. The van der Waals surface area contributed by atoms with E-state index in [1.807, 2.05) is 0 Å². The molecule has 1 N–H and O–H groups in total. The Bertz CT molecular complexity index is 560. The smallest absolute Gasteiger partial charge is 0.416 e. The molecule has 122 valence electrons. The fraction of sp³-hybridized carbons (Fsp3) is 0.533. The average molecular weight is 317 g/mol. The molecule has 1 saturated heterocycles. The summed E-state index contributed by atoms with van der Waals surface area (Å²) in [6.45, 7) is 5.61. The summed E-state index contributed by atoms with van der Waals surface area (Å²) in [4.78, 5) is 11.8. The zero-order valence-electron chi connectivity index (χ0n) is 12.6. The topological polar surface area (TPSA) is 50.9 Å². The molecule has 1 heterocycles. The van der Waals surface area contributed by atoms with Gasteiger partial charge in [-0.25, -0.2) is 4.79 Å². The molecule has 1 aromatic rings. The number of ether oxygens (including phenoxy) is 2. The van der Waals surface area contributed by atoms with Gasteiger partial charge >= 0.3 is 12.3 Å². The van der Waals surface area contributed by atoms with E-state index < -0.39 is 23.4 Å². The first-order chi connectivity index (χ1) is 10.0. The summed E-state index contributed by atoms with van der Waals surface area (Å²) in [6.07, 6.45) is -4.82. The van der Waals surface area contributed by atoms with E-state index in [0.717, 1.165) is 12.1 Å². The van der Waals surface area contributed by atoms with Crippen LogP contribution in [-0.4, -0.2) is 24.4 Å². The summed E-state index contributed by atoms with van der Waals surface area (Å²) in [5.41, 5.74) is -0.870. The normalized spacial score (nSPS) is 18.0. The second-order valence-electron chi connectivity index (χ2n) is 6.16. The molecule has 0 radical (unpaired) electrons. The molecule has 1 aliphatic heterocycles. The molecule has 0 spiro atoms. The minimum absolute atomic E-state index is 0.00377. The monoisotopic (exact) mass is 317 g/mol. The molecule has 1 amide bonds. The van der Waals surface area contributed by atoms with E-state index in [2.05, 4.69) is 5.32 Å². The average Bonchev–Trinajstić information content (AvgIpc) is 3.11. The molecule has 7 heteroatoms. The number of anilines is 1. The molecular formula is C15H18F3NO3. The number of alkyl halides is 3. The molecule has 0 bridgehead atoms. The predicted octanol–water partition coefficient (Wildman–Crippen LogP) is 3.99. The van der Waals surface area contributed by atoms with Crippen molar-refractivity contribution in [3.05, 3.63) is 29.3 Å². The molecule has 0 aromatic heterocycles. The van der Waals surface area contributed by atoms with Crippen molar-refractivity contribution < 1.29 is 27.4 Å². The summed E-state index contributed by atoms with van der Waals surface area (Å²) in [5.74, 6) is 0. The second-order valence-corrected chi connectivity index (χ2v) is 6.16. The number of amides is 1. The molecule has 1 atom stereocenters. The highest BCUT2D eigenvalue weighted by Crippen LogP contribution is 2.33. The summed E-state index contributed by atoms with van der Waals surface area (Å²) in [6, 6.07) is 3.27. The molecule has 1 fully saturated rings. The van der Waals surface area contributed by atoms with Crippen LogP contribution in [0.25, 0.3) is 0 Å². The largest absolute Gasteiger partial charge is 0.444 e.